The first-order valence-corrected chi connectivity index (χ1v) is 10.7. The third kappa shape index (κ3) is 4.68. The van der Waals surface area contributed by atoms with Crippen LogP contribution in [-0.4, -0.2) is 46.8 Å². The number of aryl methyl sites for hydroxylation is 2. The molecule has 2 heterocycles. The maximum atomic E-state index is 12.5. The van der Waals surface area contributed by atoms with Crippen LogP contribution >= 0.6 is 0 Å². The molecule has 1 aliphatic carbocycles. The topological polar surface area (TPSA) is 126 Å². The van der Waals surface area contributed by atoms with Crippen LogP contribution in [0.2, 0.25) is 0 Å². The molecule has 0 unspecified atom stereocenters. The minimum atomic E-state index is -3.64. The quantitative estimate of drug-likeness (QED) is 0.658. The molecule has 2 atom stereocenters. The third-order valence-electron chi connectivity index (χ3n) is 4.92. The summed E-state index contributed by atoms with van der Waals surface area (Å²) in [6, 6.07) is 4.42. The molecule has 1 amide bonds. The molecule has 3 N–H and O–H groups in total. The molecule has 9 nitrogen and oxygen atoms in total. The van der Waals surface area contributed by atoms with Crippen molar-refractivity contribution in [1.29, 1.82) is 0 Å². The molecule has 0 radical (unpaired) electrons. The number of nitrogens with one attached hydrogen (secondary N) is 2. The molecule has 2 aromatic rings. The van der Waals surface area contributed by atoms with E-state index in [9.17, 15) is 18.3 Å². The Morgan fingerprint density at radius 1 is 1.39 bits per heavy atom. The van der Waals surface area contributed by atoms with Crippen molar-refractivity contribution in [2.75, 3.05) is 6.54 Å². The van der Waals surface area contributed by atoms with Crippen molar-refractivity contribution in [3.05, 3.63) is 35.8 Å². The summed E-state index contributed by atoms with van der Waals surface area (Å²) in [5.74, 6) is -0.471. The highest BCUT2D eigenvalue weighted by atomic mass is 32.2. The predicted molar refractivity (Wildman–Crippen MR) is 102 cm³/mol. The Balaban J connectivity index is 1.57. The smallest absolute Gasteiger partial charge is 0.273 e. The van der Waals surface area contributed by atoms with E-state index in [1.54, 1.807) is 20.0 Å². The van der Waals surface area contributed by atoms with Gasteiger partial charge in [0.05, 0.1) is 5.69 Å². The Hall–Kier alpha value is -2.46. The van der Waals surface area contributed by atoms with Crippen LogP contribution in [0.4, 0.5) is 0 Å². The summed E-state index contributed by atoms with van der Waals surface area (Å²) >= 11 is 0. The maximum Gasteiger partial charge on any atom is 0.273 e. The fraction of sp³-hybridized carbons (Fsp3) is 0.500. The summed E-state index contributed by atoms with van der Waals surface area (Å²) in [5, 5.41) is 16.9. The molecule has 0 spiro atoms. The van der Waals surface area contributed by atoms with Crippen molar-refractivity contribution in [3.63, 3.8) is 0 Å². The van der Waals surface area contributed by atoms with Crippen LogP contribution in [0.25, 0.3) is 0 Å². The first-order valence-electron chi connectivity index (χ1n) is 9.21. The van der Waals surface area contributed by atoms with Crippen molar-refractivity contribution >= 4 is 15.9 Å². The van der Waals surface area contributed by atoms with Crippen LogP contribution in [0.15, 0.2) is 29.4 Å². The second kappa shape index (κ2) is 8.27. The Morgan fingerprint density at radius 3 is 2.86 bits per heavy atom. The van der Waals surface area contributed by atoms with Gasteiger partial charge >= 0.3 is 0 Å². The molecule has 0 aliphatic heterocycles. The van der Waals surface area contributed by atoms with Gasteiger partial charge in [-0.2, -0.15) is 5.10 Å². The maximum absolute atomic E-state index is 12.5. The van der Waals surface area contributed by atoms with Gasteiger partial charge in [0, 0.05) is 25.8 Å². The van der Waals surface area contributed by atoms with Gasteiger partial charge in [-0.25, -0.2) is 18.1 Å². The van der Waals surface area contributed by atoms with E-state index in [-0.39, 0.29) is 28.4 Å². The number of aromatic hydroxyl groups is 1. The molecule has 28 heavy (non-hydrogen) atoms. The van der Waals surface area contributed by atoms with E-state index in [1.165, 1.54) is 23.0 Å². The molecule has 3 rings (SSSR count). The first kappa shape index (κ1) is 20.3. The van der Waals surface area contributed by atoms with Crippen molar-refractivity contribution in [1.82, 2.24) is 24.8 Å². The zero-order valence-corrected chi connectivity index (χ0v) is 16.7. The summed E-state index contributed by atoms with van der Waals surface area (Å²) in [6.07, 6.45) is 4.69. The minimum absolute atomic E-state index is 0.00287. The highest BCUT2D eigenvalue weighted by Gasteiger charge is 2.27. The van der Waals surface area contributed by atoms with Crippen LogP contribution in [0.3, 0.4) is 0 Å². The Bertz CT molecular complexity index is 957. The zero-order chi connectivity index (χ0) is 20.3. The van der Waals surface area contributed by atoms with E-state index >= 15 is 0 Å². The number of sulfonamides is 1. The number of nitrogens with zero attached hydrogens (tertiary/aromatic N) is 3. The fourth-order valence-electron chi connectivity index (χ4n) is 3.57. The van der Waals surface area contributed by atoms with Gasteiger partial charge in [0.25, 0.3) is 15.9 Å². The highest BCUT2D eigenvalue weighted by Crippen LogP contribution is 2.25. The lowest BCUT2D eigenvalue weighted by molar-refractivity contribution is 0.0912. The van der Waals surface area contributed by atoms with E-state index < -0.39 is 15.9 Å². The van der Waals surface area contributed by atoms with Crippen molar-refractivity contribution < 1.29 is 18.3 Å². The largest absolute Gasteiger partial charge is 0.505 e. The Kier molecular flexibility index (Phi) is 5.99. The average molecular weight is 407 g/mol. The molecule has 10 heteroatoms. The molecule has 1 aliphatic rings. The Morgan fingerprint density at radius 2 is 2.18 bits per heavy atom. The average Bonchev–Trinajstić information content (AvgIpc) is 3.00. The van der Waals surface area contributed by atoms with Gasteiger partial charge in [0.1, 0.15) is 5.75 Å². The number of rotatable bonds is 6. The van der Waals surface area contributed by atoms with Crippen LogP contribution in [-0.2, 0) is 17.1 Å². The molecule has 1 fully saturated rings. The summed E-state index contributed by atoms with van der Waals surface area (Å²) in [5.41, 5.74) is 0.637. The van der Waals surface area contributed by atoms with Crippen LogP contribution in [0, 0.1) is 12.8 Å². The number of carbonyl (C=O) groups is 1. The molecule has 2 aromatic heterocycles. The number of carbonyl (C=O) groups excluding carboxylic acids is 1. The molecule has 0 bridgehead atoms. The summed E-state index contributed by atoms with van der Waals surface area (Å²) in [6.45, 7) is 2.04. The van der Waals surface area contributed by atoms with E-state index in [4.69, 9.17) is 0 Å². The SMILES string of the molecule is Cc1cc(S(=O)(=O)NC[C@@H]2CCC[C@H](NC(=O)c3ncccc3O)C2)n(C)n1. The molecule has 0 saturated heterocycles. The lowest BCUT2D eigenvalue weighted by atomic mass is 9.86. The van der Waals surface area contributed by atoms with Gasteiger partial charge in [-0.1, -0.05) is 6.42 Å². The van der Waals surface area contributed by atoms with Gasteiger partial charge in [-0.05, 0) is 50.3 Å². The lowest BCUT2D eigenvalue weighted by Gasteiger charge is -2.29. The van der Waals surface area contributed by atoms with E-state index in [0.29, 0.717) is 18.7 Å². The number of pyridine rings is 1. The zero-order valence-electron chi connectivity index (χ0n) is 15.9. The summed E-state index contributed by atoms with van der Waals surface area (Å²) < 4.78 is 29.0. The summed E-state index contributed by atoms with van der Waals surface area (Å²) in [7, 11) is -2.04. The predicted octanol–water partition coefficient (Wildman–Crippen LogP) is 1.10. The van der Waals surface area contributed by atoms with Gasteiger partial charge < -0.3 is 10.4 Å². The van der Waals surface area contributed by atoms with Gasteiger partial charge in [-0.3, -0.25) is 9.48 Å². The van der Waals surface area contributed by atoms with E-state index in [0.717, 1.165) is 19.3 Å². The van der Waals surface area contributed by atoms with E-state index in [2.05, 4.69) is 20.1 Å². The number of hydrogen-bond acceptors (Lipinski definition) is 6. The summed E-state index contributed by atoms with van der Waals surface area (Å²) in [4.78, 5) is 16.2. The fourth-order valence-corrected chi connectivity index (χ4v) is 4.89. The van der Waals surface area contributed by atoms with E-state index in [1.807, 2.05) is 0 Å². The molecule has 1 saturated carbocycles. The number of hydrogen-bond donors (Lipinski definition) is 3. The molecular formula is C18H25N5O4S. The Labute approximate surface area is 164 Å². The normalized spacial score (nSPS) is 20.1. The third-order valence-corrected chi connectivity index (χ3v) is 6.40. The van der Waals surface area contributed by atoms with Crippen molar-refractivity contribution in [2.24, 2.45) is 13.0 Å². The van der Waals surface area contributed by atoms with Crippen LogP contribution in [0.5, 0.6) is 5.75 Å². The molecular weight excluding hydrogens is 382 g/mol. The highest BCUT2D eigenvalue weighted by molar-refractivity contribution is 7.89. The number of amides is 1. The standard InChI is InChI=1S/C18H25N5O4S/c1-12-9-16(23(2)22-12)28(26,27)20-11-13-5-3-6-14(10-13)21-18(25)17-15(24)7-4-8-19-17/h4,7-9,13-14,20,24H,3,5-6,10-11H2,1-2H3,(H,21,25)/t13-,14+/m1/s1. The van der Waals surface area contributed by atoms with Gasteiger partial charge in [0.15, 0.2) is 10.7 Å². The van der Waals surface area contributed by atoms with Crippen molar-refractivity contribution in [3.8, 4) is 5.75 Å². The van der Waals surface area contributed by atoms with Crippen LogP contribution < -0.4 is 10.0 Å². The van der Waals surface area contributed by atoms with Crippen molar-refractivity contribution in [2.45, 2.75) is 43.7 Å². The minimum Gasteiger partial charge on any atom is -0.505 e. The molecule has 0 aromatic carbocycles. The number of aromatic nitrogens is 3. The van der Waals surface area contributed by atoms with Gasteiger partial charge in [0.2, 0.25) is 0 Å². The first-order chi connectivity index (χ1) is 13.3. The lowest BCUT2D eigenvalue weighted by Crippen LogP contribution is -2.41. The molecule has 152 valence electrons. The van der Waals surface area contributed by atoms with Crippen LogP contribution in [0.1, 0.15) is 41.9 Å². The second-order valence-corrected chi connectivity index (χ2v) is 8.89. The monoisotopic (exact) mass is 407 g/mol. The second-order valence-electron chi connectivity index (χ2n) is 7.17. The van der Waals surface area contributed by atoms with Gasteiger partial charge in [-0.15, -0.1) is 0 Å².